The van der Waals surface area contributed by atoms with E-state index in [1.54, 1.807) is 6.07 Å². The van der Waals surface area contributed by atoms with E-state index in [9.17, 15) is 8.42 Å². The summed E-state index contributed by atoms with van der Waals surface area (Å²) >= 11 is 0. The van der Waals surface area contributed by atoms with E-state index in [2.05, 4.69) is 28.8 Å². The summed E-state index contributed by atoms with van der Waals surface area (Å²) in [6, 6.07) is 4.18. The van der Waals surface area contributed by atoms with Crippen LogP contribution in [0.4, 0.5) is 0 Å². The van der Waals surface area contributed by atoms with Crippen molar-refractivity contribution in [3.05, 3.63) is 17.9 Å². The molecule has 1 aliphatic rings. The number of nitrogens with one attached hydrogen (secondary N) is 2. The second-order valence-corrected chi connectivity index (χ2v) is 7.55. The molecule has 120 valence electrons. The van der Waals surface area contributed by atoms with Gasteiger partial charge in [0.15, 0.2) is 0 Å². The van der Waals surface area contributed by atoms with Gasteiger partial charge in [-0.25, -0.2) is 13.1 Å². The predicted molar refractivity (Wildman–Crippen MR) is 81.5 cm³/mol. The molecule has 0 aliphatic heterocycles. The van der Waals surface area contributed by atoms with Gasteiger partial charge in [0, 0.05) is 25.2 Å². The molecule has 1 heterocycles. The van der Waals surface area contributed by atoms with Crippen molar-refractivity contribution in [1.82, 2.24) is 14.9 Å². The topological polar surface area (TPSA) is 74.6 Å². The van der Waals surface area contributed by atoms with E-state index >= 15 is 0 Å². The van der Waals surface area contributed by atoms with Gasteiger partial charge in [-0.15, -0.1) is 0 Å². The van der Waals surface area contributed by atoms with Crippen molar-refractivity contribution >= 4 is 10.0 Å². The van der Waals surface area contributed by atoms with Gasteiger partial charge in [-0.2, -0.15) is 0 Å². The average Bonchev–Trinajstić information content (AvgIpc) is 3.12. The van der Waals surface area contributed by atoms with Crippen LogP contribution in [0.3, 0.4) is 0 Å². The Labute approximate surface area is 126 Å². The molecule has 0 spiro atoms. The molecule has 0 aromatic carbocycles. The standard InChI is InChI=1S/C14H25N3O3S/c1-11(2)17(3)9-8-16-21(18,19)14-7-6-13(20-14)10-15-12-4-5-12/h6-7,11-12,15-16H,4-5,8-10H2,1-3H3. The summed E-state index contributed by atoms with van der Waals surface area (Å²) in [6.07, 6.45) is 2.38. The SMILES string of the molecule is CC(C)N(C)CCNS(=O)(=O)c1ccc(CNC2CC2)o1. The van der Waals surface area contributed by atoms with Gasteiger partial charge in [0.2, 0.25) is 5.09 Å². The summed E-state index contributed by atoms with van der Waals surface area (Å²) in [4.78, 5) is 2.08. The van der Waals surface area contributed by atoms with Crippen molar-refractivity contribution in [3.8, 4) is 0 Å². The van der Waals surface area contributed by atoms with Gasteiger partial charge in [-0.3, -0.25) is 0 Å². The number of sulfonamides is 1. The normalized spacial score (nSPS) is 16.0. The Hall–Kier alpha value is -0.890. The maximum atomic E-state index is 12.1. The largest absolute Gasteiger partial charge is 0.447 e. The number of nitrogens with zero attached hydrogens (tertiary/aromatic N) is 1. The van der Waals surface area contributed by atoms with Crippen LogP contribution in [0.2, 0.25) is 0 Å². The van der Waals surface area contributed by atoms with E-state index in [0.717, 1.165) is 0 Å². The molecule has 0 radical (unpaired) electrons. The Bertz CT molecular complexity index is 550. The highest BCUT2D eigenvalue weighted by Gasteiger charge is 2.22. The van der Waals surface area contributed by atoms with Gasteiger partial charge in [0.1, 0.15) is 5.76 Å². The summed E-state index contributed by atoms with van der Waals surface area (Å²) < 4.78 is 32.2. The fourth-order valence-corrected chi connectivity index (χ4v) is 2.78. The smallest absolute Gasteiger partial charge is 0.274 e. The van der Waals surface area contributed by atoms with Crippen molar-refractivity contribution in [3.63, 3.8) is 0 Å². The fourth-order valence-electron chi connectivity index (χ4n) is 1.82. The van der Waals surface area contributed by atoms with Crippen LogP contribution in [0.15, 0.2) is 21.6 Å². The molecule has 1 aliphatic carbocycles. The van der Waals surface area contributed by atoms with E-state index in [0.29, 0.717) is 37.5 Å². The lowest BCUT2D eigenvalue weighted by Gasteiger charge is -2.20. The van der Waals surface area contributed by atoms with Crippen LogP contribution in [-0.4, -0.2) is 45.5 Å². The van der Waals surface area contributed by atoms with Gasteiger partial charge >= 0.3 is 0 Å². The summed E-state index contributed by atoms with van der Waals surface area (Å²) in [5, 5.41) is 3.28. The molecule has 0 bridgehead atoms. The third-order valence-electron chi connectivity index (χ3n) is 3.68. The maximum Gasteiger partial charge on any atom is 0.274 e. The molecule has 0 unspecified atom stereocenters. The Balaban J connectivity index is 1.83. The summed E-state index contributed by atoms with van der Waals surface area (Å²) in [5.74, 6) is 0.654. The second kappa shape index (κ2) is 6.91. The molecule has 0 amide bonds. The van der Waals surface area contributed by atoms with Crippen LogP contribution < -0.4 is 10.0 Å². The molecule has 1 saturated carbocycles. The van der Waals surface area contributed by atoms with Gasteiger partial charge in [0.05, 0.1) is 6.54 Å². The zero-order valence-corrected chi connectivity index (χ0v) is 13.7. The Morgan fingerprint density at radius 2 is 2.10 bits per heavy atom. The molecule has 0 saturated heterocycles. The van der Waals surface area contributed by atoms with Crippen LogP contribution in [0.1, 0.15) is 32.4 Å². The molecule has 6 nitrogen and oxygen atoms in total. The molecule has 1 fully saturated rings. The Morgan fingerprint density at radius 1 is 1.38 bits per heavy atom. The summed E-state index contributed by atoms with van der Waals surface area (Å²) in [7, 11) is -1.59. The molecule has 21 heavy (non-hydrogen) atoms. The third-order valence-corrected chi connectivity index (χ3v) is 5.02. The van der Waals surface area contributed by atoms with Crippen molar-refractivity contribution in [2.24, 2.45) is 0 Å². The highest BCUT2D eigenvalue weighted by molar-refractivity contribution is 7.89. The summed E-state index contributed by atoms with van der Waals surface area (Å²) in [6.45, 7) is 5.75. The van der Waals surface area contributed by atoms with E-state index < -0.39 is 10.0 Å². The number of likely N-dealkylation sites (N-methyl/N-ethyl adjacent to an activating group) is 1. The van der Waals surface area contributed by atoms with Crippen molar-refractivity contribution in [2.45, 2.75) is 50.4 Å². The van der Waals surface area contributed by atoms with E-state index in [1.165, 1.54) is 18.9 Å². The molecule has 2 rings (SSSR count). The average molecular weight is 315 g/mol. The first-order chi connectivity index (χ1) is 9.88. The zero-order chi connectivity index (χ0) is 15.5. The van der Waals surface area contributed by atoms with Crippen molar-refractivity contribution in [1.29, 1.82) is 0 Å². The van der Waals surface area contributed by atoms with Crippen LogP contribution in [0.25, 0.3) is 0 Å². The first kappa shape index (κ1) is 16.5. The van der Waals surface area contributed by atoms with Crippen molar-refractivity contribution in [2.75, 3.05) is 20.1 Å². The van der Waals surface area contributed by atoms with E-state index in [1.807, 2.05) is 7.05 Å². The molecular weight excluding hydrogens is 290 g/mol. The fraction of sp³-hybridized carbons (Fsp3) is 0.714. The monoisotopic (exact) mass is 315 g/mol. The molecule has 0 atom stereocenters. The Kier molecular flexibility index (Phi) is 5.43. The number of furan rings is 1. The van der Waals surface area contributed by atoms with Crippen LogP contribution >= 0.6 is 0 Å². The van der Waals surface area contributed by atoms with Crippen LogP contribution in [0, 0.1) is 0 Å². The van der Waals surface area contributed by atoms with E-state index in [-0.39, 0.29) is 5.09 Å². The lowest BCUT2D eigenvalue weighted by atomic mass is 10.3. The summed E-state index contributed by atoms with van der Waals surface area (Å²) in [5.41, 5.74) is 0. The number of hydrogen-bond donors (Lipinski definition) is 2. The van der Waals surface area contributed by atoms with Gasteiger partial charge < -0.3 is 14.6 Å². The maximum absolute atomic E-state index is 12.1. The molecule has 2 N–H and O–H groups in total. The highest BCUT2D eigenvalue weighted by atomic mass is 32.2. The van der Waals surface area contributed by atoms with Crippen molar-refractivity contribution < 1.29 is 12.8 Å². The first-order valence-corrected chi connectivity index (χ1v) is 8.89. The molecular formula is C14H25N3O3S. The molecule has 1 aromatic heterocycles. The molecule has 1 aromatic rings. The minimum Gasteiger partial charge on any atom is -0.447 e. The minimum absolute atomic E-state index is 0.0118. The second-order valence-electron chi connectivity index (χ2n) is 5.85. The first-order valence-electron chi connectivity index (χ1n) is 7.40. The Morgan fingerprint density at radius 3 is 2.71 bits per heavy atom. The number of rotatable bonds is 9. The zero-order valence-electron chi connectivity index (χ0n) is 12.9. The minimum atomic E-state index is -3.55. The van der Waals surface area contributed by atoms with Gasteiger partial charge in [-0.05, 0) is 45.9 Å². The third kappa shape index (κ3) is 5.10. The van der Waals surface area contributed by atoms with Crippen LogP contribution in [-0.2, 0) is 16.6 Å². The molecule has 7 heteroatoms. The lowest BCUT2D eigenvalue weighted by molar-refractivity contribution is 0.278. The predicted octanol–water partition coefficient (Wildman–Crippen LogP) is 1.15. The quantitative estimate of drug-likeness (QED) is 0.715. The van der Waals surface area contributed by atoms with Gasteiger partial charge in [0.25, 0.3) is 10.0 Å². The number of hydrogen-bond acceptors (Lipinski definition) is 5. The van der Waals surface area contributed by atoms with Crippen LogP contribution in [0.5, 0.6) is 0 Å². The van der Waals surface area contributed by atoms with Gasteiger partial charge in [-0.1, -0.05) is 0 Å². The lowest BCUT2D eigenvalue weighted by Crippen LogP contribution is -2.36. The highest BCUT2D eigenvalue weighted by Crippen LogP contribution is 2.20. The van der Waals surface area contributed by atoms with E-state index in [4.69, 9.17) is 4.42 Å².